The van der Waals surface area contributed by atoms with E-state index in [-0.39, 0.29) is 6.10 Å². The SMILES string of the molecule is COCCCCNc1cccnc1OC(C)C. The Hall–Kier alpha value is -1.29. The van der Waals surface area contributed by atoms with Gasteiger partial charge in [0.15, 0.2) is 0 Å². The molecular weight excluding hydrogens is 216 g/mol. The molecule has 0 bridgehead atoms. The molecule has 0 amide bonds. The highest BCUT2D eigenvalue weighted by Crippen LogP contribution is 2.21. The van der Waals surface area contributed by atoms with E-state index >= 15 is 0 Å². The maximum absolute atomic E-state index is 5.63. The first kappa shape index (κ1) is 13.8. The second-order valence-electron chi connectivity index (χ2n) is 4.15. The van der Waals surface area contributed by atoms with E-state index < -0.39 is 0 Å². The van der Waals surface area contributed by atoms with Gasteiger partial charge in [0, 0.05) is 26.5 Å². The first-order valence-corrected chi connectivity index (χ1v) is 6.08. The van der Waals surface area contributed by atoms with Gasteiger partial charge in [0.05, 0.1) is 11.8 Å². The van der Waals surface area contributed by atoms with E-state index in [9.17, 15) is 0 Å². The Balaban J connectivity index is 2.40. The number of anilines is 1. The third-order valence-corrected chi connectivity index (χ3v) is 2.21. The highest BCUT2D eigenvalue weighted by atomic mass is 16.5. The molecule has 0 saturated heterocycles. The van der Waals surface area contributed by atoms with Crippen LogP contribution in [0, 0.1) is 0 Å². The van der Waals surface area contributed by atoms with Crippen molar-refractivity contribution in [2.45, 2.75) is 32.8 Å². The Morgan fingerprint density at radius 1 is 1.35 bits per heavy atom. The summed E-state index contributed by atoms with van der Waals surface area (Å²) in [5.74, 6) is 0.675. The molecule has 1 rings (SSSR count). The smallest absolute Gasteiger partial charge is 0.237 e. The molecule has 0 aliphatic carbocycles. The van der Waals surface area contributed by atoms with E-state index in [0.717, 1.165) is 31.7 Å². The van der Waals surface area contributed by atoms with Crippen molar-refractivity contribution in [3.63, 3.8) is 0 Å². The summed E-state index contributed by atoms with van der Waals surface area (Å²) in [4.78, 5) is 4.22. The molecule has 0 spiro atoms. The zero-order chi connectivity index (χ0) is 12.5. The predicted molar refractivity (Wildman–Crippen MR) is 69.6 cm³/mol. The monoisotopic (exact) mass is 238 g/mol. The van der Waals surface area contributed by atoms with Gasteiger partial charge in [-0.3, -0.25) is 0 Å². The highest BCUT2D eigenvalue weighted by Gasteiger charge is 2.05. The van der Waals surface area contributed by atoms with Crippen LogP contribution < -0.4 is 10.1 Å². The minimum atomic E-state index is 0.138. The third-order valence-electron chi connectivity index (χ3n) is 2.21. The quantitative estimate of drug-likeness (QED) is 0.707. The molecule has 4 nitrogen and oxygen atoms in total. The molecule has 0 atom stereocenters. The summed E-state index contributed by atoms with van der Waals surface area (Å²) in [6.07, 6.45) is 4.01. The molecule has 96 valence electrons. The Bertz CT molecular complexity index is 316. The molecule has 0 radical (unpaired) electrons. The number of rotatable bonds is 8. The van der Waals surface area contributed by atoms with Crippen LogP contribution in [0.15, 0.2) is 18.3 Å². The van der Waals surface area contributed by atoms with Crippen molar-refractivity contribution in [2.75, 3.05) is 25.6 Å². The maximum Gasteiger partial charge on any atom is 0.237 e. The zero-order valence-corrected chi connectivity index (χ0v) is 10.9. The Morgan fingerprint density at radius 3 is 2.88 bits per heavy atom. The van der Waals surface area contributed by atoms with Crippen LogP contribution in [-0.2, 0) is 4.74 Å². The number of nitrogens with zero attached hydrogens (tertiary/aromatic N) is 1. The van der Waals surface area contributed by atoms with Crippen LogP contribution in [0.4, 0.5) is 5.69 Å². The van der Waals surface area contributed by atoms with Gasteiger partial charge in [-0.2, -0.15) is 0 Å². The van der Waals surface area contributed by atoms with E-state index in [1.54, 1.807) is 13.3 Å². The van der Waals surface area contributed by atoms with Crippen LogP contribution in [-0.4, -0.2) is 31.3 Å². The van der Waals surface area contributed by atoms with Crippen molar-refractivity contribution >= 4 is 5.69 Å². The van der Waals surface area contributed by atoms with Gasteiger partial charge in [-0.15, -0.1) is 0 Å². The Kier molecular flexibility index (Phi) is 6.40. The fourth-order valence-electron chi connectivity index (χ4n) is 1.44. The number of aromatic nitrogens is 1. The van der Waals surface area contributed by atoms with Crippen molar-refractivity contribution in [1.29, 1.82) is 0 Å². The van der Waals surface area contributed by atoms with Gasteiger partial charge >= 0.3 is 0 Å². The standard InChI is InChI=1S/C13H22N2O2/c1-11(2)17-13-12(7-6-9-15-13)14-8-4-5-10-16-3/h6-7,9,11,14H,4-5,8,10H2,1-3H3. The van der Waals surface area contributed by atoms with Crippen LogP contribution in [0.5, 0.6) is 5.88 Å². The molecule has 0 fully saturated rings. The van der Waals surface area contributed by atoms with Crippen molar-refractivity contribution in [1.82, 2.24) is 4.98 Å². The van der Waals surface area contributed by atoms with Crippen LogP contribution in [0.1, 0.15) is 26.7 Å². The Morgan fingerprint density at radius 2 is 2.18 bits per heavy atom. The average molecular weight is 238 g/mol. The van der Waals surface area contributed by atoms with Crippen molar-refractivity contribution in [2.24, 2.45) is 0 Å². The summed E-state index contributed by atoms with van der Waals surface area (Å²) in [5.41, 5.74) is 0.957. The lowest BCUT2D eigenvalue weighted by atomic mass is 10.3. The molecule has 1 aromatic heterocycles. The summed E-state index contributed by atoms with van der Waals surface area (Å²) in [6, 6.07) is 3.89. The predicted octanol–water partition coefficient (Wildman–Crippen LogP) is 2.71. The maximum atomic E-state index is 5.63. The van der Waals surface area contributed by atoms with Crippen LogP contribution in [0.25, 0.3) is 0 Å². The number of ether oxygens (including phenoxy) is 2. The van der Waals surface area contributed by atoms with Crippen LogP contribution in [0.2, 0.25) is 0 Å². The lowest BCUT2D eigenvalue weighted by Gasteiger charge is -2.13. The topological polar surface area (TPSA) is 43.4 Å². The summed E-state index contributed by atoms with van der Waals surface area (Å²) < 4.78 is 10.6. The number of nitrogens with one attached hydrogen (secondary N) is 1. The molecule has 1 N–H and O–H groups in total. The molecule has 0 aromatic carbocycles. The van der Waals surface area contributed by atoms with Crippen molar-refractivity contribution in [3.8, 4) is 5.88 Å². The fraction of sp³-hybridized carbons (Fsp3) is 0.615. The van der Waals surface area contributed by atoms with E-state index in [0.29, 0.717) is 5.88 Å². The molecule has 17 heavy (non-hydrogen) atoms. The van der Waals surface area contributed by atoms with E-state index in [1.807, 2.05) is 26.0 Å². The molecular formula is C13H22N2O2. The van der Waals surface area contributed by atoms with Crippen LogP contribution in [0.3, 0.4) is 0 Å². The summed E-state index contributed by atoms with van der Waals surface area (Å²) in [7, 11) is 1.73. The van der Waals surface area contributed by atoms with E-state index in [2.05, 4.69) is 10.3 Å². The van der Waals surface area contributed by atoms with Gasteiger partial charge in [-0.25, -0.2) is 4.98 Å². The third kappa shape index (κ3) is 5.54. The molecule has 1 heterocycles. The lowest BCUT2D eigenvalue weighted by Crippen LogP contribution is -2.10. The molecule has 0 aliphatic heterocycles. The van der Waals surface area contributed by atoms with Crippen molar-refractivity contribution in [3.05, 3.63) is 18.3 Å². The molecule has 0 aliphatic rings. The van der Waals surface area contributed by atoms with E-state index in [1.165, 1.54) is 0 Å². The van der Waals surface area contributed by atoms with Gasteiger partial charge in [0.25, 0.3) is 0 Å². The van der Waals surface area contributed by atoms with Crippen molar-refractivity contribution < 1.29 is 9.47 Å². The number of methoxy groups -OCH3 is 1. The number of hydrogen-bond acceptors (Lipinski definition) is 4. The van der Waals surface area contributed by atoms with Gasteiger partial charge in [-0.05, 0) is 38.8 Å². The number of pyridine rings is 1. The summed E-state index contributed by atoms with van der Waals surface area (Å²) in [5, 5.41) is 3.33. The van der Waals surface area contributed by atoms with Crippen LogP contribution >= 0.6 is 0 Å². The Labute approximate surface area is 103 Å². The molecule has 0 saturated carbocycles. The van der Waals surface area contributed by atoms with Gasteiger partial charge in [-0.1, -0.05) is 0 Å². The largest absolute Gasteiger partial charge is 0.473 e. The minimum Gasteiger partial charge on any atom is -0.473 e. The minimum absolute atomic E-state index is 0.138. The van der Waals surface area contributed by atoms with Gasteiger partial charge < -0.3 is 14.8 Å². The second-order valence-corrected chi connectivity index (χ2v) is 4.15. The van der Waals surface area contributed by atoms with Gasteiger partial charge in [0.1, 0.15) is 0 Å². The molecule has 0 unspecified atom stereocenters. The lowest BCUT2D eigenvalue weighted by molar-refractivity contribution is 0.193. The number of unbranched alkanes of at least 4 members (excludes halogenated alkanes) is 1. The average Bonchev–Trinajstić information content (AvgIpc) is 2.30. The normalized spacial score (nSPS) is 10.6. The number of hydrogen-bond donors (Lipinski definition) is 1. The summed E-state index contributed by atoms with van der Waals surface area (Å²) >= 11 is 0. The summed E-state index contributed by atoms with van der Waals surface area (Å²) in [6.45, 7) is 5.71. The zero-order valence-electron chi connectivity index (χ0n) is 10.9. The first-order valence-electron chi connectivity index (χ1n) is 6.08. The van der Waals surface area contributed by atoms with E-state index in [4.69, 9.17) is 9.47 Å². The molecule has 1 aromatic rings. The first-order chi connectivity index (χ1) is 8.24. The van der Waals surface area contributed by atoms with Gasteiger partial charge in [0.2, 0.25) is 5.88 Å². The second kappa shape index (κ2) is 7.90. The molecule has 4 heteroatoms. The fourth-order valence-corrected chi connectivity index (χ4v) is 1.44. The highest BCUT2D eigenvalue weighted by molar-refractivity contribution is 5.51.